The Bertz CT molecular complexity index is 601. The summed E-state index contributed by atoms with van der Waals surface area (Å²) in [6.45, 7) is 10.7. The highest BCUT2D eigenvalue weighted by Crippen LogP contribution is 2.26. The van der Waals surface area contributed by atoms with Crippen molar-refractivity contribution in [1.29, 1.82) is 0 Å². The van der Waals surface area contributed by atoms with Gasteiger partial charge < -0.3 is 19.3 Å². The number of rotatable bonds is 19. The summed E-state index contributed by atoms with van der Waals surface area (Å²) in [5.41, 5.74) is -0.572. The van der Waals surface area contributed by atoms with Gasteiger partial charge in [-0.05, 0) is 72.1 Å². The van der Waals surface area contributed by atoms with Crippen LogP contribution in [0.4, 0.5) is 0 Å². The molecule has 5 heteroatoms. The monoisotopic (exact) mass is 508 g/mol. The maximum absolute atomic E-state index is 13.0. The highest BCUT2D eigenvalue weighted by molar-refractivity contribution is 5.73. The molecule has 0 saturated carbocycles. The summed E-state index contributed by atoms with van der Waals surface area (Å²) >= 11 is 0. The number of carbonyl (C=O) groups excluding carboxylic acids is 1. The smallest absolute Gasteiger partial charge is 0.312 e. The van der Waals surface area contributed by atoms with E-state index >= 15 is 0 Å². The van der Waals surface area contributed by atoms with Crippen LogP contribution in [0, 0.1) is 5.92 Å². The highest BCUT2D eigenvalue weighted by Gasteiger charge is 2.33. The van der Waals surface area contributed by atoms with Crippen molar-refractivity contribution < 1.29 is 24.1 Å². The minimum absolute atomic E-state index is 0.200. The van der Waals surface area contributed by atoms with Crippen molar-refractivity contribution in [3.63, 3.8) is 0 Å². The molecule has 1 saturated heterocycles. The number of hydrogen-bond acceptors (Lipinski definition) is 5. The van der Waals surface area contributed by atoms with Gasteiger partial charge in [0.15, 0.2) is 6.29 Å². The molecule has 1 aliphatic rings. The van der Waals surface area contributed by atoms with E-state index in [0.29, 0.717) is 19.3 Å². The van der Waals surface area contributed by atoms with Crippen molar-refractivity contribution in [2.75, 3.05) is 6.61 Å². The van der Waals surface area contributed by atoms with Crippen LogP contribution in [-0.2, 0) is 19.0 Å². The maximum Gasteiger partial charge on any atom is 0.312 e. The Morgan fingerprint density at radius 3 is 2.39 bits per heavy atom. The number of allylic oxidation sites excluding steroid dienone is 3. The van der Waals surface area contributed by atoms with E-state index in [2.05, 4.69) is 38.2 Å². The van der Waals surface area contributed by atoms with E-state index in [1.807, 2.05) is 20.8 Å². The predicted molar refractivity (Wildman–Crippen MR) is 149 cm³/mol. The fourth-order valence-corrected chi connectivity index (χ4v) is 4.46. The lowest BCUT2D eigenvalue weighted by Crippen LogP contribution is -2.38. The van der Waals surface area contributed by atoms with E-state index in [-0.39, 0.29) is 18.4 Å². The molecule has 5 nitrogen and oxygen atoms in total. The van der Waals surface area contributed by atoms with Crippen LogP contribution in [0.25, 0.3) is 0 Å². The first-order valence-corrected chi connectivity index (χ1v) is 14.7. The van der Waals surface area contributed by atoms with Gasteiger partial charge in [0.05, 0.1) is 18.1 Å². The number of aliphatic hydroxyl groups excluding tert-OH is 1. The second kappa shape index (κ2) is 19.9. The lowest BCUT2D eigenvalue weighted by Gasteiger charge is -2.31. The molecule has 1 N–H and O–H groups in total. The average Bonchev–Trinajstić information content (AvgIpc) is 2.82. The minimum Gasteiger partial charge on any atom is -0.460 e. The topological polar surface area (TPSA) is 65.0 Å². The van der Waals surface area contributed by atoms with E-state index in [1.165, 1.54) is 19.3 Å². The number of unbranched alkanes of at least 4 members (excludes halogenated alkanes) is 6. The standard InChI is InChI=1S/C31H56O5/c1-6-8-10-12-13-14-15-16-17-21-26(35-29-23-19-20-24-34-29)25-28(32)27(22-18-11-9-7-2)30(33)36-31(3,4)5/h13-14,16-17,26-29,32H,6-12,15,18-25H2,1-5H3/b14-13-,17-16-/t26?,27?,28?,29-/m1/s1. The zero-order valence-corrected chi connectivity index (χ0v) is 24.0. The number of aliphatic hydroxyl groups is 1. The van der Waals surface area contributed by atoms with Gasteiger partial charge in [-0.25, -0.2) is 0 Å². The van der Waals surface area contributed by atoms with E-state index in [4.69, 9.17) is 14.2 Å². The van der Waals surface area contributed by atoms with Gasteiger partial charge in [0.2, 0.25) is 0 Å². The molecule has 0 amide bonds. The molecule has 1 rings (SSSR count). The van der Waals surface area contributed by atoms with Gasteiger partial charge >= 0.3 is 5.97 Å². The van der Waals surface area contributed by atoms with Crippen molar-refractivity contribution >= 4 is 5.97 Å². The van der Waals surface area contributed by atoms with Gasteiger partial charge in [-0.1, -0.05) is 76.7 Å². The van der Waals surface area contributed by atoms with Crippen LogP contribution < -0.4 is 0 Å². The molecule has 0 radical (unpaired) electrons. The van der Waals surface area contributed by atoms with Crippen LogP contribution in [0.5, 0.6) is 0 Å². The molecule has 0 spiro atoms. The lowest BCUT2D eigenvalue weighted by molar-refractivity contribution is -0.194. The third-order valence-electron chi connectivity index (χ3n) is 6.51. The van der Waals surface area contributed by atoms with Crippen molar-refractivity contribution in [1.82, 2.24) is 0 Å². The highest BCUT2D eigenvalue weighted by atomic mass is 16.7. The van der Waals surface area contributed by atoms with Crippen LogP contribution in [0.15, 0.2) is 24.3 Å². The van der Waals surface area contributed by atoms with Gasteiger partial charge in [0, 0.05) is 13.0 Å². The summed E-state index contributed by atoms with van der Waals surface area (Å²) in [6, 6.07) is 0. The summed E-state index contributed by atoms with van der Waals surface area (Å²) in [6.07, 6.45) is 22.4. The lowest BCUT2D eigenvalue weighted by atomic mass is 9.90. The quantitative estimate of drug-likeness (QED) is 0.109. The van der Waals surface area contributed by atoms with Crippen LogP contribution in [0.1, 0.15) is 131 Å². The summed E-state index contributed by atoms with van der Waals surface area (Å²) < 4.78 is 17.8. The van der Waals surface area contributed by atoms with Crippen LogP contribution in [-0.4, -0.2) is 41.8 Å². The molecule has 0 aromatic rings. The molecule has 0 aromatic heterocycles. The number of ether oxygens (including phenoxy) is 3. The van der Waals surface area contributed by atoms with Crippen LogP contribution in [0.3, 0.4) is 0 Å². The van der Waals surface area contributed by atoms with Gasteiger partial charge in [0.25, 0.3) is 0 Å². The summed E-state index contributed by atoms with van der Waals surface area (Å²) in [5, 5.41) is 11.2. The van der Waals surface area contributed by atoms with E-state index in [1.54, 1.807) is 0 Å². The molecular weight excluding hydrogens is 452 g/mol. The van der Waals surface area contributed by atoms with Crippen molar-refractivity contribution in [2.45, 2.75) is 155 Å². The molecule has 0 aromatic carbocycles. The Labute approximate surface area is 222 Å². The second-order valence-electron chi connectivity index (χ2n) is 11.3. The van der Waals surface area contributed by atoms with Crippen molar-refractivity contribution in [3.05, 3.63) is 24.3 Å². The Morgan fingerprint density at radius 2 is 1.72 bits per heavy atom. The Kier molecular flexibility index (Phi) is 18.1. The first kappa shape index (κ1) is 32.9. The van der Waals surface area contributed by atoms with E-state index in [9.17, 15) is 9.90 Å². The van der Waals surface area contributed by atoms with E-state index in [0.717, 1.165) is 64.4 Å². The molecule has 1 heterocycles. The van der Waals surface area contributed by atoms with Crippen LogP contribution >= 0.6 is 0 Å². The summed E-state index contributed by atoms with van der Waals surface area (Å²) in [5.74, 6) is -0.836. The first-order valence-electron chi connectivity index (χ1n) is 14.7. The Balaban J connectivity index is 2.76. The van der Waals surface area contributed by atoms with Gasteiger partial charge in [0.1, 0.15) is 5.60 Å². The molecular formula is C31H56O5. The summed E-state index contributed by atoms with van der Waals surface area (Å²) in [7, 11) is 0. The first-order chi connectivity index (χ1) is 17.3. The van der Waals surface area contributed by atoms with Gasteiger partial charge in [-0.3, -0.25) is 4.79 Å². The summed E-state index contributed by atoms with van der Waals surface area (Å²) in [4.78, 5) is 13.0. The van der Waals surface area contributed by atoms with Gasteiger partial charge in [-0.15, -0.1) is 0 Å². The third-order valence-corrected chi connectivity index (χ3v) is 6.51. The fraction of sp³-hybridized carbons (Fsp3) is 0.839. The zero-order chi connectivity index (χ0) is 26.7. The molecule has 1 fully saturated rings. The fourth-order valence-electron chi connectivity index (χ4n) is 4.46. The SMILES string of the molecule is CCCCC/C=C\C/C=C\CC(CC(O)C(CCCCCC)C(=O)OC(C)(C)C)O[C@@H]1CCCCO1. The predicted octanol–water partition coefficient (Wildman–Crippen LogP) is 8.05. The third kappa shape index (κ3) is 16.6. The van der Waals surface area contributed by atoms with E-state index < -0.39 is 17.6 Å². The Hall–Kier alpha value is -1.17. The zero-order valence-electron chi connectivity index (χ0n) is 24.0. The molecule has 210 valence electrons. The second-order valence-corrected chi connectivity index (χ2v) is 11.3. The molecule has 1 aliphatic heterocycles. The largest absolute Gasteiger partial charge is 0.460 e. The molecule has 3 unspecified atom stereocenters. The number of carbonyl (C=O) groups is 1. The molecule has 0 bridgehead atoms. The number of hydrogen-bond donors (Lipinski definition) is 1. The van der Waals surface area contributed by atoms with Crippen molar-refractivity contribution in [2.24, 2.45) is 5.92 Å². The van der Waals surface area contributed by atoms with Crippen LogP contribution in [0.2, 0.25) is 0 Å². The molecule has 0 aliphatic carbocycles. The minimum atomic E-state index is -0.804. The average molecular weight is 509 g/mol. The van der Waals surface area contributed by atoms with Crippen molar-refractivity contribution in [3.8, 4) is 0 Å². The van der Waals surface area contributed by atoms with Gasteiger partial charge in [-0.2, -0.15) is 0 Å². The Morgan fingerprint density at radius 1 is 1.00 bits per heavy atom. The normalized spacial score (nSPS) is 19.6. The number of esters is 1. The molecule has 4 atom stereocenters. The maximum atomic E-state index is 13.0. The molecule has 36 heavy (non-hydrogen) atoms.